The van der Waals surface area contributed by atoms with Gasteiger partial charge in [-0.15, -0.1) is 0 Å². The summed E-state index contributed by atoms with van der Waals surface area (Å²) >= 11 is 0. The van der Waals surface area contributed by atoms with Gasteiger partial charge in [-0.05, 0) is 29.7 Å². The first kappa shape index (κ1) is 17.8. The minimum atomic E-state index is -0.416. The Labute approximate surface area is 142 Å². The Kier molecular flexibility index (Phi) is 6.63. The standard InChI is InChI=1S/C19H24N2O3/c1-23-17-9-8-15(12-18(17)24-2)16(13-20)19(22)21-11-10-14-6-4-3-5-7-14/h3-9,12,16H,10-11,13,20H2,1-2H3,(H,21,22). The van der Waals surface area contributed by atoms with Crippen molar-refractivity contribution in [1.82, 2.24) is 5.32 Å². The van der Waals surface area contributed by atoms with Gasteiger partial charge in [0, 0.05) is 13.1 Å². The molecule has 5 heteroatoms. The number of hydrogen-bond donors (Lipinski definition) is 2. The third kappa shape index (κ3) is 4.49. The molecule has 0 saturated carbocycles. The zero-order valence-electron chi connectivity index (χ0n) is 14.1. The molecule has 0 spiro atoms. The summed E-state index contributed by atoms with van der Waals surface area (Å²) < 4.78 is 10.5. The molecule has 1 amide bonds. The van der Waals surface area contributed by atoms with Crippen molar-refractivity contribution in [3.05, 3.63) is 59.7 Å². The van der Waals surface area contributed by atoms with E-state index in [0.29, 0.717) is 18.0 Å². The summed E-state index contributed by atoms with van der Waals surface area (Å²) in [6.45, 7) is 0.805. The van der Waals surface area contributed by atoms with Crippen LogP contribution in [0.5, 0.6) is 11.5 Å². The average Bonchev–Trinajstić information content (AvgIpc) is 2.63. The normalized spacial score (nSPS) is 11.6. The fourth-order valence-corrected chi connectivity index (χ4v) is 2.56. The van der Waals surface area contributed by atoms with Crippen LogP contribution in [0.3, 0.4) is 0 Å². The van der Waals surface area contributed by atoms with E-state index < -0.39 is 5.92 Å². The number of carbonyl (C=O) groups excluding carboxylic acids is 1. The van der Waals surface area contributed by atoms with E-state index in [2.05, 4.69) is 5.32 Å². The summed E-state index contributed by atoms with van der Waals surface area (Å²) in [5.74, 6) is 0.716. The fourth-order valence-electron chi connectivity index (χ4n) is 2.56. The van der Waals surface area contributed by atoms with Crippen molar-refractivity contribution in [3.8, 4) is 11.5 Å². The molecule has 0 saturated heterocycles. The van der Waals surface area contributed by atoms with E-state index in [1.165, 1.54) is 5.56 Å². The molecule has 5 nitrogen and oxygen atoms in total. The van der Waals surface area contributed by atoms with Crippen LogP contribution in [0.2, 0.25) is 0 Å². The first-order chi connectivity index (χ1) is 11.7. The van der Waals surface area contributed by atoms with Crippen LogP contribution in [-0.2, 0) is 11.2 Å². The maximum Gasteiger partial charge on any atom is 0.228 e. The first-order valence-electron chi connectivity index (χ1n) is 7.93. The number of amides is 1. The summed E-state index contributed by atoms with van der Waals surface area (Å²) in [6, 6.07) is 15.5. The molecule has 0 aliphatic rings. The van der Waals surface area contributed by atoms with Crippen LogP contribution in [-0.4, -0.2) is 33.2 Å². The van der Waals surface area contributed by atoms with Crippen LogP contribution in [0.1, 0.15) is 17.0 Å². The number of nitrogens with two attached hydrogens (primary N) is 1. The van der Waals surface area contributed by atoms with E-state index in [1.807, 2.05) is 36.4 Å². The summed E-state index contributed by atoms with van der Waals surface area (Å²) in [4.78, 5) is 12.5. The number of rotatable bonds is 8. The Balaban J connectivity index is 2.00. The summed E-state index contributed by atoms with van der Waals surface area (Å²) in [7, 11) is 3.15. The summed E-state index contributed by atoms with van der Waals surface area (Å²) in [6.07, 6.45) is 0.788. The van der Waals surface area contributed by atoms with E-state index in [-0.39, 0.29) is 12.5 Å². The van der Waals surface area contributed by atoms with Crippen LogP contribution < -0.4 is 20.5 Å². The van der Waals surface area contributed by atoms with Crippen molar-refractivity contribution < 1.29 is 14.3 Å². The Morgan fingerprint density at radius 1 is 1.08 bits per heavy atom. The molecule has 1 atom stereocenters. The molecule has 24 heavy (non-hydrogen) atoms. The summed E-state index contributed by atoms with van der Waals surface area (Å²) in [5, 5.41) is 2.96. The molecule has 2 rings (SSSR count). The lowest BCUT2D eigenvalue weighted by Gasteiger charge is -2.17. The van der Waals surface area contributed by atoms with Crippen LogP contribution >= 0.6 is 0 Å². The Bertz CT molecular complexity index is 659. The predicted octanol–water partition coefficient (Wildman–Crippen LogP) is 2.10. The second-order valence-electron chi connectivity index (χ2n) is 5.43. The first-order valence-corrected chi connectivity index (χ1v) is 7.93. The van der Waals surface area contributed by atoms with Gasteiger partial charge in [0.15, 0.2) is 11.5 Å². The van der Waals surface area contributed by atoms with Gasteiger partial charge in [0.1, 0.15) is 0 Å². The third-order valence-corrected chi connectivity index (χ3v) is 3.92. The van der Waals surface area contributed by atoms with Crippen molar-refractivity contribution >= 4 is 5.91 Å². The van der Waals surface area contributed by atoms with Gasteiger partial charge in [0.2, 0.25) is 5.91 Å². The van der Waals surface area contributed by atoms with Gasteiger partial charge in [-0.3, -0.25) is 4.79 Å². The molecule has 3 N–H and O–H groups in total. The molecule has 2 aromatic carbocycles. The molecule has 0 radical (unpaired) electrons. The molecular formula is C19H24N2O3. The molecule has 0 aromatic heterocycles. The quantitative estimate of drug-likeness (QED) is 0.778. The molecule has 0 heterocycles. The van der Waals surface area contributed by atoms with E-state index in [1.54, 1.807) is 26.4 Å². The highest BCUT2D eigenvalue weighted by atomic mass is 16.5. The number of methoxy groups -OCH3 is 2. The van der Waals surface area contributed by atoms with Crippen molar-refractivity contribution in [2.75, 3.05) is 27.3 Å². The topological polar surface area (TPSA) is 73.6 Å². The number of hydrogen-bond acceptors (Lipinski definition) is 4. The van der Waals surface area contributed by atoms with Crippen LogP contribution in [0, 0.1) is 0 Å². The van der Waals surface area contributed by atoms with Gasteiger partial charge in [0.25, 0.3) is 0 Å². The zero-order chi connectivity index (χ0) is 17.4. The largest absolute Gasteiger partial charge is 0.493 e. The molecule has 0 bridgehead atoms. The van der Waals surface area contributed by atoms with Gasteiger partial charge in [-0.25, -0.2) is 0 Å². The van der Waals surface area contributed by atoms with E-state index in [0.717, 1.165) is 12.0 Å². The van der Waals surface area contributed by atoms with Crippen LogP contribution in [0.15, 0.2) is 48.5 Å². The second-order valence-corrected chi connectivity index (χ2v) is 5.43. The van der Waals surface area contributed by atoms with Crippen LogP contribution in [0.25, 0.3) is 0 Å². The van der Waals surface area contributed by atoms with E-state index >= 15 is 0 Å². The fraction of sp³-hybridized carbons (Fsp3) is 0.316. The predicted molar refractivity (Wildman–Crippen MR) is 94.5 cm³/mol. The van der Waals surface area contributed by atoms with E-state index in [4.69, 9.17) is 15.2 Å². The lowest BCUT2D eigenvalue weighted by molar-refractivity contribution is -0.122. The number of ether oxygens (including phenoxy) is 2. The highest BCUT2D eigenvalue weighted by Crippen LogP contribution is 2.30. The molecule has 2 aromatic rings. The minimum Gasteiger partial charge on any atom is -0.493 e. The third-order valence-electron chi connectivity index (χ3n) is 3.92. The Morgan fingerprint density at radius 3 is 2.42 bits per heavy atom. The van der Waals surface area contributed by atoms with Gasteiger partial charge in [0.05, 0.1) is 20.1 Å². The second kappa shape index (κ2) is 8.93. The van der Waals surface area contributed by atoms with Crippen LogP contribution in [0.4, 0.5) is 0 Å². The highest BCUT2D eigenvalue weighted by molar-refractivity contribution is 5.84. The Morgan fingerprint density at radius 2 is 1.79 bits per heavy atom. The zero-order valence-corrected chi connectivity index (χ0v) is 14.1. The van der Waals surface area contributed by atoms with Crippen molar-refractivity contribution in [1.29, 1.82) is 0 Å². The van der Waals surface area contributed by atoms with Gasteiger partial charge in [-0.2, -0.15) is 0 Å². The van der Waals surface area contributed by atoms with Gasteiger partial charge < -0.3 is 20.5 Å². The summed E-state index contributed by atoms with van der Waals surface area (Å²) in [5.41, 5.74) is 7.82. The van der Waals surface area contributed by atoms with Gasteiger partial charge in [-0.1, -0.05) is 36.4 Å². The molecule has 0 fully saturated rings. The molecule has 0 aliphatic carbocycles. The molecular weight excluding hydrogens is 304 g/mol. The van der Waals surface area contributed by atoms with Gasteiger partial charge >= 0.3 is 0 Å². The molecule has 128 valence electrons. The molecule has 1 unspecified atom stereocenters. The number of nitrogens with one attached hydrogen (secondary N) is 1. The highest BCUT2D eigenvalue weighted by Gasteiger charge is 2.20. The Hall–Kier alpha value is -2.53. The maximum absolute atomic E-state index is 12.5. The van der Waals surface area contributed by atoms with Crippen molar-refractivity contribution in [2.45, 2.75) is 12.3 Å². The van der Waals surface area contributed by atoms with Crippen molar-refractivity contribution in [2.24, 2.45) is 5.73 Å². The smallest absolute Gasteiger partial charge is 0.228 e. The lowest BCUT2D eigenvalue weighted by Crippen LogP contribution is -2.34. The monoisotopic (exact) mass is 328 g/mol. The number of carbonyl (C=O) groups is 1. The lowest BCUT2D eigenvalue weighted by atomic mass is 9.97. The maximum atomic E-state index is 12.5. The number of benzene rings is 2. The average molecular weight is 328 g/mol. The minimum absolute atomic E-state index is 0.0827. The molecule has 0 aliphatic heterocycles. The SMILES string of the molecule is COc1ccc(C(CN)C(=O)NCCc2ccccc2)cc1OC. The van der Waals surface area contributed by atoms with E-state index in [9.17, 15) is 4.79 Å². The van der Waals surface area contributed by atoms with Crippen molar-refractivity contribution in [3.63, 3.8) is 0 Å².